The molecular formula is C23H21N3O5. The molecular weight excluding hydrogens is 398 g/mol. The molecule has 1 fully saturated rings. The average molecular weight is 419 g/mol. The van der Waals surface area contributed by atoms with E-state index in [9.17, 15) is 19.2 Å². The number of benzene rings is 2. The molecule has 5 rings (SSSR count). The van der Waals surface area contributed by atoms with Crippen molar-refractivity contribution in [3.8, 4) is 0 Å². The van der Waals surface area contributed by atoms with Gasteiger partial charge in [0.25, 0.3) is 5.91 Å². The zero-order chi connectivity index (χ0) is 21.8. The minimum absolute atomic E-state index is 0.327. The lowest BCUT2D eigenvalue weighted by Crippen LogP contribution is -2.44. The molecule has 158 valence electrons. The molecule has 1 spiro atoms. The molecule has 0 saturated carbocycles. The van der Waals surface area contributed by atoms with Gasteiger partial charge in [-0.15, -0.1) is 0 Å². The highest BCUT2D eigenvalue weighted by Gasteiger charge is 2.55. The van der Waals surface area contributed by atoms with Crippen molar-refractivity contribution in [1.29, 1.82) is 0 Å². The van der Waals surface area contributed by atoms with Gasteiger partial charge >= 0.3 is 12.0 Å². The number of carbonyl (C=O) groups is 4. The van der Waals surface area contributed by atoms with Gasteiger partial charge in [0.15, 0.2) is 0 Å². The van der Waals surface area contributed by atoms with E-state index in [1.165, 1.54) is 7.11 Å². The number of urea groups is 1. The number of aryl methyl sites for hydroxylation is 1. The fourth-order valence-electron chi connectivity index (χ4n) is 4.86. The number of imide groups is 1. The monoisotopic (exact) mass is 419 g/mol. The average Bonchev–Trinajstić information content (AvgIpc) is 3.44. The van der Waals surface area contributed by atoms with Crippen LogP contribution in [0.4, 0.5) is 10.5 Å². The smallest absolute Gasteiger partial charge is 0.337 e. The number of hydrogen-bond donors (Lipinski definition) is 1. The van der Waals surface area contributed by atoms with Crippen LogP contribution in [0.1, 0.15) is 33.5 Å². The summed E-state index contributed by atoms with van der Waals surface area (Å²) < 4.78 is 4.75. The fraction of sp³-hybridized carbons (Fsp3) is 0.304. The predicted molar refractivity (Wildman–Crippen MR) is 111 cm³/mol. The van der Waals surface area contributed by atoms with Crippen LogP contribution in [0.3, 0.4) is 0 Å². The third-order valence-electron chi connectivity index (χ3n) is 6.41. The summed E-state index contributed by atoms with van der Waals surface area (Å²) in [6, 6.07) is 12.1. The summed E-state index contributed by atoms with van der Waals surface area (Å²) >= 11 is 0. The number of anilines is 1. The van der Waals surface area contributed by atoms with E-state index >= 15 is 0 Å². The largest absolute Gasteiger partial charge is 0.465 e. The normalized spacial score (nSPS) is 21.3. The molecule has 1 saturated heterocycles. The van der Waals surface area contributed by atoms with E-state index in [1.807, 2.05) is 24.3 Å². The maximum atomic E-state index is 13.3. The van der Waals surface area contributed by atoms with Crippen molar-refractivity contribution in [3.05, 3.63) is 64.7 Å². The summed E-state index contributed by atoms with van der Waals surface area (Å²) in [6.07, 6.45) is 1.78. The fourth-order valence-corrected chi connectivity index (χ4v) is 4.86. The lowest BCUT2D eigenvalue weighted by Gasteiger charge is -2.23. The van der Waals surface area contributed by atoms with Crippen LogP contribution in [0.15, 0.2) is 42.5 Å². The van der Waals surface area contributed by atoms with Crippen molar-refractivity contribution in [2.45, 2.75) is 24.8 Å². The number of nitrogens with one attached hydrogen (secondary N) is 1. The van der Waals surface area contributed by atoms with Crippen LogP contribution in [0.2, 0.25) is 0 Å². The molecule has 0 radical (unpaired) electrons. The minimum atomic E-state index is -1.08. The molecule has 0 aromatic heterocycles. The molecule has 0 bridgehead atoms. The molecule has 3 aliphatic rings. The summed E-state index contributed by atoms with van der Waals surface area (Å²) in [6.45, 7) is 0.100. The van der Waals surface area contributed by atoms with Crippen molar-refractivity contribution in [3.63, 3.8) is 0 Å². The van der Waals surface area contributed by atoms with Crippen LogP contribution in [0.25, 0.3) is 0 Å². The topological polar surface area (TPSA) is 96.0 Å². The third kappa shape index (κ3) is 2.82. The highest BCUT2D eigenvalue weighted by molar-refractivity contribution is 6.11. The standard InChI is InChI=1S/C23H21N3O5/c1-31-20(28)16-6-7-18-15(12-16)9-11-25(18)19(27)13-26-21(29)23(24-22(26)30)10-8-14-4-2-3-5-17(14)23/h2-7,12H,8-11,13H2,1H3,(H,24,30). The molecule has 2 heterocycles. The molecule has 2 aliphatic heterocycles. The highest BCUT2D eigenvalue weighted by Crippen LogP contribution is 2.41. The van der Waals surface area contributed by atoms with Gasteiger partial charge < -0.3 is 15.0 Å². The van der Waals surface area contributed by atoms with E-state index in [2.05, 4.69) is 5.32 Å². The Kier molecular flexibility index (Phi) is 4.32. The molecule has 8 heteroatoms. The Labute approximate surface area is 178 Å². The van der Waals surface area contributed by atoms with Crippen LogP contribution in [-0.4, -0.2) is 48.9 Å². The van der Waals surface area contributed by atoms with Crippen LogP contribution in [0.5, 0.6) is 0 Å². The van der Waals surface area contributed by atoms with Crippen LogP contribution >= 0.6 is 0 Å². The predicted octanol–water partition coefficient (Wildman–Crippen LogP) is 1.76. The van der Waals surface area contributed by atoms with E-state index in [4.69, 9.17) is 4.74 Å². The van der Waals surface area contributed by atoms with Crippen molar-refractivity contribution in [2.24, 2.45) is 0 Å². The summed E-state index contributed by atoms with van der Waals surface area (Å²) in [5.41, 5.74) is 2.74. The number of amides is 4. The number of nitrogens with zero attached hydrogens (tertiary/aromatic N) is 2. The summed E-state index contributed by atoms with van der Waals surface area (Å²) in [4.78, 5) is 53.3. The molecule has 2 aromatic carbocycles. The molecule has 2 aromatic rings. The first-order chi connectivity index (χ1) is 14.9. The van der Waals surface area contributed by atoms with Crippen LogP contribution in [-0.2, 0) is 32.7 Å². The van der Waals surface area contributed by atoms with E-state index in [0.29, 0.717) is 37.1 Å². The SMILES string of the molecule is COC(=O)c1ccc2c(c1)CCN2C(=O)CN1C(=O)NC2(CCc3ccccc32)C1=O. The van der Waals surface area contributed by atoms with E-state index in [-0.39, 0.29) is 18.4 Å². The Hall–Kier alpha value is -3.68. The lowest BCUT2D eigenvalue weighted by molar-refractivity contribution is -0.134. The van der Waals surface area contributed by atoms with Crippen molar-refractivity contribution < 1.29 is 23.9 Å². The van der Waals surface area contributed by atoms with Gasteiger partial charge in [-0.05, 0) is 54.2 Å². The second-order valence-corrected chi connectivity index (χ2v) is 8.01. The van der Waals surface area contributed by atoms with Gasteiger partial charge in [0.05, 0.1) is 12.7 Å². The second-order valence-electron chi connectivity index (χ2n) is 8.01. The Bertz CT molecular complexity index is 1140. The van der Waals surface area contributed by atoms with Crippen molar-refractivity contribution in [2.75, 3.05) is 25.1 Å². The molecule has 1 unspecified atom stereocenters. The summed E-state index contributed by atoms with van der Waals surface area (Å²) in [5.74, 6) is -1.15. The Morgan fingerprint density at radius 1 is 1.10 bits per heavy atom. The number of methoxy groups -OCH3 is 1. The minimum Gasteiger partial charge on any atom is -0.465 e. The van der Waals surface area contributed by atoms with E-state index in [1.54, 1.807) is 23.1 Å². The van der Waals surface area contributed by atoms with E-state index in [0.717, 1.165) is 21.6 Å². The van der Waals surface area contributed by atoms with Gasteiger partial charge in [0.1, 0.15) is 12.1 Å². The maximum absolute atomic E-state index is 13.3. The Morgan fingerprint density at radius 3 is 2.71 bits per heavy atom. The quantitative estimate of drug-likeness (QED) is 0.604. The Balaban J connectivity index is 1.36. The number of carbonyl (C=O) groups excluding carboxylic acids is 4. The number of rotatable bonds is 3. The van der Waals surface area contributed by atoms with Gasteiger partial charge in [0.2, 0.25) is 5.91 Å². The highest BCUT2D eigenvalue weighted by atomic mass is 16.5. The van der Waals surface area contributed by atoms with Gasteiger partial charge in [-0.1, -0.05) is 24.3 Å². The number of fused-ring (bicyclic) bond motifs is 3. The molecule has 31 heavy (non-hydrogen) atoms. The first kappa shape index (κ1) is 19.3. The van der Waals surface area contributed by atoms with Gasteiger partial charge in [-0.3, -0.25) is 14.5 Å². The van der Waals surface area contributed by atoms with Gasteiger partial charge in [-0.2, -0.15) is 0 Å². The number of ether oxygens (including phenoxy) is 1. The molecule has 1 atom stereocenters. The van der Waals surface area contributed by atoms with E-state index < -0.39 is 17.5 Å². The lowest BCUT2D eigenvalue weighted by atomic mass is 9.92. The maximum Gasteiger partial charge on any atom is 0.337 e. The molecule has 1 N–H and O–H groups in total. The van der Waals surface area contributed by atoms with Crippen molar-refractivity contribution in [1.82, 2.24) is 10.2 Å². The third-order valence-corrected chi connectivity index (χ3v) is 6.41. The van der Waals surface area contributed by atoms with Gasteiger partial charge in [0, 0.05) is 12.2 Å². The van der Waals surface area contributed by atoms with Crippen molar-refractivity contribution >= 4 is 29.5 Å². The van der Waals surface area contributed by atoms with Gasteiger partial charge in [-0.25, -0.2) is 9.59 Å². The number of esters is 1. The summed E-state index contributed by atoms with van der Waals surface area (Å²) in [7, 11) is 1.32. The molecule has 8 nitrogen and oxygen atoms in total. The summed E-state index contributed by atoms with van der Waals surface area (Å²) in [5, 5.41) is 2.84. The zero-order valence-electron chi connectivity index (χ0n) is 17.0. The number of hydrogen-bond acceptors (Lipinski definition) is 5. The van der Waals surface area contributed by atoms with Crippen LogP contribution in [0, 0.1) is 0 Å². The molecule has 4 amide bonds. The second kappa shape index (κ2) is 6.94. The Morgan fingerprint density at radius 2 is 1.90 bits per heavy atom. The zero-order valence-corrected chi connectivity index (χ0v) is 17.0. The molecule has 1 aliphatic carbocycles. The van der Waals surface area contributed by atoms with Crippen LogP contribution < -0.4 is 10.2 Å². The first-order valence-corrected chi connectivity index (χ1v) is 10.2. The first-order valence-electron chi connectivity index (χ1n) is 10.2.